The standard InChI is InChI=1S/C25H31NO5S/c1-17-24(31-25-22(29-2)7-4-8-23(25)32(17,27)28)18-9-11-20(12-10-18)30-21-13-15-26(16-14-21)19-5-3-6-19/h4,7-12,17,19,21,24H,3,5-6,13-16H2,1-2H3/t17-,24+/m1/s1. The smallest absolute Gasteiger partial charge is 0.188 e. The number of para-hydroxylation sites is 1. The molecule has 7 heteroatoms. The summed E-state index contributed by atoms with van der Waals surface area (Å²) < 4.78 is 44.0. The molecule has 1 saturated heterocycles. The second-order valence-electron chi connectivity index (χ2n) is 9.08. The molecule has 0 radical (unpaired) electrons. The van der Waals surface area contributed by atoms with E-state index in [4.69, 9.17) is 14.2 Å². The van der Waals surface area contributed by atoms with Gasteiger partial charge in [-0.15, -0.1) is 0 Å². The largest absolute Gasteiger partial charge is 0.493 e. The summed E-state index contributed by atoms with van der Waals surface area (Å²) in [5, 5.41) is -0.704. The molecule has 1 saturated carbocycles. The van der Waals surface area contributed by atoms with Crippen LogP contribution < -0.4 is 14.2 Å². The average molecular weight is 458 g/mol. The lowest BCUT2D eigenvalue weighted by atomic mass is 9.90. The maximum Gasteiger partial charge on any atom is 0.188 e. The van der Waals surface area contributed by atoms with Crippen LogP contribution in [-0.2, 0) is 9.84 Å². The molecular formula is C25H31NO5S. The van der Waals surface area contributed by atoms with Crippen molar-refractivity contribution in [1.82, 2.24) is 4.90 Å². The zero-order chi connectivity index (χ0) is 22.3. The summed E-state index contributed by atoms with van der Waals surface area (Å²) in [5.41, 5.74) is 0.810. The minimum atomic E-state index is -3.53. The Morgan fingerprint density at radius 2 is 1.72 bits per heavy atom. The van der Waals surface area contributed by atoms with Gasteiger partial charge in [-0.3, -0.25) is 0 Å². The molecule has 3 aliphatic rings. The van der Waals surface area contributed by atoms with Gasteiger partial charge in [-0.1, -0.05) is 24.6 Å². The van der Waals surface area contributed by atoms with E-state index in [1.165, 1.54) is 26.4 Å². The molecule has 5 rings (SSSR count). The first-order chi connectivity index (χ1) is 15.5. The number of benzene rings is 2. The number of hydrogen-bond acceptors (Lipinski definition) is 6. The summed E-state index contributed by atoms with van der Waals surface area (Å²) in [6.45, 7) is 3.92. The first-order valence-corrected chi connectivity index (χ1v) is 13.1. The summed E-state index contributed by atoms with van der Waals surface area (Å²) in [4.78, 5) is 2.80. The van der Waals surface area contributed by atoms with Crippen molar-refractivity contribution in [1.29, 1.82) is 0 Å². The Hall–Kier alpha value is -2.25. The van der Waals surface area contributed by atoms with E-state index in [2.05, 4.69) is 4.90 Å². The van der Waals surface area contributed by atoms with Crippen LogP contribution in [0.3, 0.4) is 0 Å². The van der Waals surface area contributed by atoms with Gasteiger partial charge in [0.15, 0.2) is 21.3 Å². The number of methoxy groups -OCH3 is 1. The van der Waals surface area contributed by atoms with E-state index in [1.54, 1.807) is 25.1 Å². The molecule has 2 fully saturated rings. The topological polar surface area (TPSA) is 65.1 Å². The lowest BCUT2D eigenvalue weighted by molar-refractivity contribution is 0.0493. The monoisotopic (exact) mass is 457 g/mol. The van der Waals surface area contributed by atoms with Crippen LogP contribution in [0, 0.1) is 0 Å². The fraction of sp³-hybridized carbons (Fsp3) is 0.520. The number of ether oxygens (including phenoxy) is 3. The molecule has 2 aliphatic heterocycles. The molecule has 0 aromatic heterocycles. The van der Waals surface area contributed by atoms with Crippen LogP contribution in [0.15, 0.2) is 47.4 Å². The first-order valence-electron chi connectivity index (χ1n) is 11.6. The predicted molar refractivity (Wildman–Crippen MR) is 122 cm³/mol. The van der Waals surface area contributed by atoms with E-state index in [1.807, 2.05) is 24.3 Å². The molecule has 172 valence electrons. The predicted octanol–water partition coefficient (Wildman–Crippen LogP) is 4.39. The van der Waals surface area contributed by atoms with Gasteiger partial charge in [0.05, 0.1) is 7.11 Å². The molecule has 2 atom stereocenters. The number of nitrogens with zero attached hydrogens (tertiary/aromatic N) is 1. The number of likely N-dealkylation sites (tertiary alicyclic amines) is 1. The van der Waals surface area contributed by atoms with E-state index in [-0.39, 0.29) is 16.7 Å². The average Bonchev–Trinajstić information content (AvgIpc) is 2.77. The third-order valence-electron chi connectivity index (χ3n) is 7.21. The Balaban J connectivity index is 1.28. The molecule has 2 aromatic carbocycles. The van der Waals surface area contributed by atoms with E-state index >= 15 is 0 Å². The Morgan fingerprint density at radius 1 is 1.00 bits per heavy atom. The SMILES string of the molecule is COc1cccc2c1O[C@H](c1ccc(OC3CCN(C4CCC4)CC3)cc1)[C@@H](C)S2(=O)=O. The van der Waals surface area contributed by atoms with Crippen molar-refractivity contribution in [2.75, 3.05) is 20.2 Å². The Labute approximate surface area is 190 Å². The second kappa shape index (κ2) is 8.60. The maximum atomic E-state index is 13.1. The number of hydrogen-bond donors (Lipinski definition) is 0. The number of sulfone groups is 1. The van der Waals surface area contributed by atoms with Crippen molar-refractivity contribution in [3.8, 4) is 17.2 Å². The highest BCUT2D eigenvalue weighted by molar-refractivity contribution is 7.92. The first kappa shape index (κ1) is 21.6. The van der Waals surface area contributed by atoms with Gasteiger partial charge in [0, 0.05) is 19.1 Å². The van der Waals surface area contributed by atoms with E-state index < -0.39 is 21.2 Å². The van der Waals surface area contributed by atoms with Crippen LogP contribution in [-0.4, -0.2) is 50.9 Å². The van der Waals surface area contributed by atoms with Crippen molar-refractivity contribution in [2.24, 2.45) is 0 Å². The van der Waals surface area contributed by atoms with Crippen molar-refractivity contribution in [2.45, 2.75) is 67.4 Å². The van der Waals surface area contributed by atoms with E-state index in [0.717, 1.165) is 43.3 Å². The van der Waals surface area contributed by atoms with Gasteiger partial charge in [0.1, 0.15) is 28.1 Å². The van der Waals surface area contributed by atoms with Gasteiger partial charge >= 0.3 is 0 Å². The third kappa shape index (κ3) is 3.86. The van der Waals surface area contributed by atoms with Gasteiger partial charge in [0.25, 0.3) is 0 Å². The van der Waals surface area contributed by atoms with Crippen LogP contribution in [0.2, 0.25) is 0 Å². The van der Waals surface area contributed by atoms with Crippen molar-refractivity contribution in [3.05, 3.63) is 48.0 Å². The Morgan fingerprint density at radius 3 is 2.34 bits per heavy atom. The van der Waals surface area contributed by atoms with Gasteiger partial charge < -0.3 is 19.1 Å². The molecule has 0 bridgehead atoms. The van der Waals surface area contributed by atoms with E-state index in [9.17, 15) is 8.42 Å². The van der Waals surface area contributed by atoms with E-state index in [0.29, 0.717) is 5.75 Å². The highest BCUT2D eigenvalue weighted by Crippen LogP contribution is 2.45. The normalized spacial score (nSPS) is 25.9. The van der Waals surface area contributed by atoms with Crippen molar-refractivity contribution < 1.29 is 22.6 Å². The summed E-state index contributed by atoms with van der Waals surface area (Å²) >= 11 is 0. The van der Waals surface area contributed by atoms with Crippen LogP contribution in [0.25, 0.3) is 0 Å². The van der Waals surface area contributed by atoms with Crippen molar-refractivity contribution >= 4 is 9.84 Å². The molecule has 0 unspecified atom stereocenters. The summed E-state index contributed by atoms with van der Waals surface area (Å²) in [5.74, 6) is 1.54. The fourth-order valence-corrected chi connectivity index (χ4v) is 6.57. The summed E-state index contributed by atoms with van der Waals surface area (Å²) in [7, 11) is -2.02. The van der Waals surface area contributed by atoms with Crippen LogP contribution in [0.1, 0.15) is 50.7 Å². The molecule has 0 spiro atoms. The molecule has 2 aromatic rings. The fourth-order valence-electron chi connectivity index (χ4n) is 4.96. The Kier molecular flexibility index (Phi) is 5.80. The molecule has 2 heterocycles. The molecule has 0 amide bonds. The molecule has 6 nitrogen and oxygen atoms in total. The summed E-state index contributed by atoms with van der Waals surface area (Å²) in [6, 6.07) is 13.4. The van der Waals surface area contributed by atoms with Gasteiger partial charge in [0.2, 0.25) is 0 Å². The number of fused-ring (bicyclic) bond motifs is 1. The Bertz CT molecular complexity index is 1060. The third-order valence-corrected chi connectivity index (χ3v) is 9.37. The number of rotatable bonds is 5. The number of piperidine rings is 1. The maximum absolute atomic E-state index is 13.1. The lowest BCUT2D eigenvalue weighted by Crippen LogP contribution is -2.46. The van der Waals surface area contributed by atoms with Crippen LogP contribution >= 0.6 is 0 Å². The van der Waals surface area contributed by atoms with Gasteiger partial charge in [-0.05, 0) is 62.4 Å². The van der Waals surface area contributed by atoms with Crippen LogP contribution in [0.5, 0.6) is 17.2 Å². The summed E-state index contributed by atoms with van der Waals surface area (Å²) in [6.07, 6.45) is 5.80. The molecular weight excluding hydrogens is 426 g/mol. The minimum absolute atomic E-state index is 0.189. The van der Waals surface area contributed by atoms with Crippen molar-refractivity contribution in [3.63, 3.8) is 0 Å². The lowest BCUT2D eigenvalue weighted by Gasteiger charge is -2.41. The van der Waals surface area contributed by atoms with Gasteiger partial charge in [-0.2, -0.15) is 0 Å². The zero-order valence-corrected chi connectivity index (χ0v) is 19.5. The zero-order valence-electron chi connectivity index (χ0n) is 18.7. The van der Waals surface area contributed by atoms with Gasteiger partial charge in [-0.25, -0.2) is 8.42 Å². The highest BCUT2D eigenvalue weighted by atomic mass is 32.2. The second-order valence-corrected chi connectivity index (χ2v) is 11.4. The highest BCUT2D eigenvalue weighted by Gasteiger charge is 2.41. The molecule has 1 aliphatic carbocycles. The quantitative estimate of drug-likeness (QED) is 0.664. The molecule has 32 heavy (non-hydrogen) atoms. The minimum Gasteiger partial charge on any atom is -0.493 e. The van der Waals surface area contributed by atoms with Crippen LogP contribution in [0.4, 0.5) is 0 Å². The molecule has 0 N–H and O–H groups in total.